The maximum atomic E-state index is 12.6. The summed E-state index contributed by atoms with van der Waals surface area (Å²) >= 11 is 0. The van der Waals surface area contributed by atoms with Gasteiger partial charge in [-0.25, -0.2) is 0 Å². The average molecular weight is 285 g/mol. The molecule has 1 saturated heterocycles. The molecule has 2 aromatic rings. The van der Waals surface area contributed by atoms with Crippen LogP contribution in [0, 0.1) is 0 Å². The molecule has 3 rings (SSSR count). The molecule has 4 nitrogen and oxygen atoms in total. The van der Waals surface area contributed by atoms with E-state index in [0.29, 0.717) is 19.7 Å². The van der Waals surface area contributed by atoms with Gasteiger partial charge in [-0.05, 0) is 30.5 Å². The van der Waals surface area contributed by atoms with Gasteiger partial charge in [0, 0.05) is 13.2 Å². The summed E-state index contributed by atoms with van der Waals surface area (Å²) in [5, 5.41) is 0. The predicted molar refractivity (Wildman–Crippen MR) is 78.4 cm³/mol. The monoisotopic (exact) mass is 285 g/mol. The predicted octanol–water partition coefficient (Wildman–Crippen LogP) is 2.99. The van der Waals surface area contributed by atoms with Crippen molar-refractivity contribution in [2.45, 2.75) is 32.0 Å². The molecule has 21 heavy (non-hydrogen) atoms. The van der Waals surface area contributed by atoms with Crippen LogP contribution in [-0.2, 0) is 22.6 Å². The molecular weight excluding hydrogens is 266 g/mol. The quantitative estimate of drug-likeness (QED) is 0.848. The smallest absolute Gasteiger partial charge is 0.252 e. The molecule has 4 heteroatoms. The van der Waals surface area contributed by atoms with Crippen molar-refractivity contribution in [3.05, 3.63) is 60.1 Å². The summed E-state index contributed by atoms with van der Waals surface area (Å²) in [6, 6.07) is 13.7. The Bertz CT molecular complexity index is 559. The molecule has 0 bridgehead atoms. The summed E-state index contributed by atoms with van der Waals surface area (Å²) in [5.74, 6) is 0.838. The zero-order chi connectivity index (χ0) is 14.5. The van der Waals surface area contributed by atoms with Crippen LogP contribution in [0.1, 0.15) is 24.2 Å². The van der Waals surface area contributed by atoms with Gasteiger partial charge in [-0.1, -0.05) is 30.3 Å². The first-order valence-corrected chi connectivity index (χ1v) is 7.29. The Labute approximate surface area is 124 Å². The lowest BCUT2D eigenvalue weighted by Crippen LogP contribution is -2.38. The van der Waals surface area contributed by atoms with Gasteiger partial charge in [-0.2, -0.15) is 0 Å². The van der Waals surface area contributed by atoms with E-state index in [-0.39, 0.29) is 12.0 Å². The highest BCUT2D eigenvalue weighted by molar-refractivity contribution is 5.81. The Morgan fingerprint density at radius 2 is 2.00 bits per heavy atom. The van der Waals surface area contributed by atoms with Gasteiger partial charge in [-0.3, -0.25) is 4.79 Å². The summed E-state index contributed by atoms with van der Waals surface area (Å²) < 4.78 is 10.9. The molecule has 0 spiro atoms. The summed E-state index contributed by atoms with van der Waals surface area (Å²) in [6.45, 7) is 1.72. The van der Waals surface area contributed by atoms with Crippen LogP contribution in [0.2, 0.25) is 0 Å². The van der Waals surface area contributed by atoms with E-state index >= 15 is 0 Å². The second kappa shape index (κ2) is 6.59. The summed E-state index contributed by atoms with van der Waals surface area (Å²) in [4.78, 5) is 14.4. The van der Waals surface area contributed by atoms with Gasteiger partial charge in [-0.15, -0.1) is 0 Å². The number of hydrogen-bond donors (Lipinski definition) is 0. The largest absolute Gasteiger partial charge is 0.467 e. The van der Waals surface area contributed by atoms with Crippen molar-refractivity contribution >= 4 is 5.91 Å². The van der Waals surface area contributed by atoms with Gasteiger partial charge in [0.25, 0.3) is 5.91 Å². The molecule has 1 amide bonds. The summed E-state index contributed by atoms with van der Waals surface area (Å²) in [6.07, 6.45) is 3.09. The van der Waals surface area contributed by atoms with E-state index < -0.39 is 0 Å². The molecule has 2 heterocycles. The molecule has 1 fully saturated rings. The molecule has 0 unspecified atom stereocenters. The van der Waals surface area contributed by atoms with Crippen LogP contribution in [-0.4, -0.2) is 23.5 Å². The van der Waals surface area contributed by atoms with Gasteiger partial charge in [0.1, 0.15) is 11.9 Å². The van der Waals surface area contributed by atoms with E-state index in [0.717, 1.165) is 24.2 Å². The fourth-order valence-corrected chi connectivity index (χ4v) is 2.58. The molecule has 1 aliphatic rings. The molecular formula is C17H19NO3. The van der Waals surface area contributed by atoms with Gasteiger partial charge in [0.15, 0.2) is 0 Å². The summed E-state index contributed by atoms with van der Waals surface area (Å²) in [7, 11) is 0. The molecule has 0 aliphatic carbocycles. The number of benzene rings is 1. The van der Waals surface area contributed by atoms with E-state index in [2.05, 4.69) is 0 Å². The van der Waals surface area contributed by atoms with E-state index in [1.54, 1.807) is 6.26 Å². The van der Waals surface area contributed by atoms with E-state index in [9.17, 15) is 4.79 Å². The van der Waals surface area contributed by atoms with Gasteiger partial charge >= 0.3 is 0 Å². The van der Waals surface area contributed by atoms with Crippen LogP contribution >= 0.6 is 0 Å². The number of rotatable bonds is 5. The Morgan fingerprint density at radius 3 is 2.67 bits per heavy atom. The van der Waals surface area contributed by atoms with Crippen molar-refractivity contribution in [1.82, 2.24) is 4.90 Å². The fraction of sp³-hybridized carbons (Fsp3) is 0.353. The molecule has 0 saturated carbocycles. The number of hydrogen-bond acceptors (Lipinski definition) is 3. The average Bonchev–Trinajstić information content (AvgIpc) is 3.20. The van der Waals surface area contributed by atoms with E-state index in [1.807, 2.05) is 47.4 Å². The topological polar surface area (TPSA) is 42.7 Å². The first-order valence-electron chi connectivity index (χ1n) is 7.29. The fourth-order valence-electron chi connectivity index (χ4n) is 2.58. The lowest BCUT2D eigenvalue weighted by atomic mass is 10.1. The van der Waals surface area contributed by atoms with Gasteiger partial charge in [0.2, 0.25) is 0 Å². The number of nitrogens with zero attached hydrogens (tertiary/aromatic N) is 1. The maximum Gasteiger partial charge on any atom is 0.252 e. The van der Waals surface area contributed by atoms with Crippen molar-refractivity contribution in [1.29, 1.82) is 0 Å². The highest BCUT2D eigenvalue weighted by atomic mass is 16.5. The van der Waals surface area contributed by atoms with Crippen molar-refractivity contribution in [3.63, 3.8) is 0 Å². The SMILES string of the molecule is O=C([C@H]1CCCO1)N(Cc1ccccc1)Cc1ccco1. The van der Waals surface area contributed by atoms with Crippen LogP contribution in [0.3, 0.4) is 0 Å². The number of carbonyl (C=O) groups excluding carboxylic acids is 1. The van der Waals surface area contributed by atoms with Gasteiger partial charge < -0.3 is 14.1 Å². The van der Waals surface area contributed by atoms with Crippen LogP contribution in [0.25, 0.3) is 0 Å². The summed E-state index contributed by atoms with van der Waals surface area (Å²) in [5.41, 5.74) is 1.11. The van der Waals surface area contributed by atoms with Gasteiger partial charge in [0.05, 0.1) is 12.8 Å². The Morgan fingerprint density at radius 1 is 1.14 bits per heavy atom. The zero-order valence-corrected chi connectivity index (χ0v) is 11.9. The van der Waals surface area contributed by atoms with Crippen LogP contribution in [0.15, 0.2) is 53.1 Å². The Balaban J connectivity index is 1.74. The number of carbonyl (C=O) groups is 1. The second-order valence-corrected chi connectivity index (χ2v) is 5.26. The van der Waals surface area contributed by atoms with Crippen LogP contribution < -0.4 is 0 Å². The Kier molecular flexibility index (Phi) is 4.36. The standard InChI is InChI=1S/C17H19NO3/c19-17(16-9-5-11-21-16)18(13-15-8-4-10-20-15)12-14-6-2-1-3-7-14/h1-4,6-8,10,16H,5,9,11-13H2/t16-/m1/s1. The molecule has 1 aliphatic heterocycles. The number of amides is 1. The van der Waals surface area contributed by atoms with E-state index in [1.165, 1.54) is 0 Å². The maximum absolute atomic E-state index is 12.6. The van der Waals surface area contributed by atoms with E-state index in [4.69, 9.17) is 9.15 Å². The molecule has 0 N–H and O–H groups in total. The minimum Gasteiger partial charge on any atom is -0.467 e. The van der Waals surface area contributed by atoms with Crippen molar-refractivity contribution in [2.75, 3.05) is 6.61 Å². The van der Waals surface area contributed by atoms with Crippen LogP contribution in [0.4, 0.5) is 0 Å². The minimum atomic E-state index is -0.302. The lowest BCUT2D eigenvalue weighted by Gasteiger charge is -2.24. The highest BCUT2D eigenvalue weighted by Crippen LogP contribution is 2.18. The first-order chi connectivity index (χ1) is 10.3. The zero-order valence-electron chi connectivity index (χ0n) is 11.9. The van der Waals surface area contributed by atoms with Crippen molar-refractivity contribution in [2.24, 2.45) is 0 Å². The Hall–Kier alpha value is -2.07. The lowest BCUT2D eigenvalue weighted by molar-refractivity contribution is -0.142. The molecule has 1 aromatic carbocycles. The second-order valence-electron chi connectivity index (χ2n) is 5.26. The van der Waals surface area contributed by atoms with Crippen molar-refractivity contribution in [3.8, 4) is 0 Å². The third-order valence-electron chi connectivity index (χ3n) is 3.66. The highest BCUT2D eigenvalue weighted by Gasteiger charge is 2.28. The normalized spacial score (nSPS) is 17.8. The van der Waals surface area contributed by atoms with Crippen molar-refractivity contribution < 1.29 is 13.9 Å². The molecule has 110 valence electrons. The first kappa shape index (κ1) is 13.9. The van der Waals surface area contributed by atoms with Crippen LogP contribution in [0.5, 0.6) is 0 Å². The molecule has 1 aromatic heterocycles. The third-order valence-corrected chi connectivity index (χ3v) is 3.66. The number of ether oxygens (including phenoxy) is 1. The number of furan rings is 1. The molecule has 0 radical (unpaired) electrons. The molecule has 1 atom stereocenters. The minimum absolute atomic E-state index is 0.0488. The third kappa shape index (κ3) is 3.52.